The molecule has 0 bridgehead atoms. The van der Waals surface area contributed by atoms with Gasteiger partial charge in [-0.1, -0.05) is 0 Å². The summed E-state index contributed by atoms with van der Waals surface area (Å²) in [7, 11) is 1.43. The van der Waals surface area contributed by atoms with Gasteiger partial charge < -0.3 is 28.4 Å². The fraction of sp³-hybridized carbons (Fsp3) is 0.812. The summed E-state index contributed by atoms with van der Waals surface area (Å²) < 4.78 is 32.6. The van der Waals surface area contributed by atoms with Crippen molar-refractivity contribution in [2.75, 3.05) is 13.7 Å². The van der Waals surface area contributed by atoms with Crippen molar-refractivity contribution in [1.82, 2.24) is 0 Å². The van der Waals surface area contributed by atoms with Crippen LogP contribution in [0.1, 0.15) is 34.1 Å². The lowest BCUT2D eigenvalue weighted by Gasteiger charge is -2.40. The van der Waals surface area contributed by atoms with Crippen LogP contribution in [0.4, 0.5) is 0 Å². The van der Waals surface area contributed by atoms with Crippen molar-refractivity contribution in [3.05, 3.63) is 0 Å². The molecule has 1 aliphatic heterocycles. The number of hydrogen-bond acceptors (Lipinski definition) is 9. The highest BCUT2D eigenvalue weighted by atomic mass is 16.9. The lowest BCUT2D eigenvalue weighted by Crippen LogP contribution is -2.56. The summed E-state index contributed by atoms with van der Waals surface area (Å²) >= 11 is 0. The van der Waals surface area contributed by atoms with Crippen molar-refractivity contribution in [3.8, 4) is 0 Å². The van der Waals surface area contributed by atoms with Crippen molar-refractivity contribution < 1.29 is 42.8 Å². The summed E-state index contributed by atoms with van der Waals surface area (Å²) in [6.45, 7) is 5.39. The van der Waals surface area contributed by atoms with Gasteiger partial charge in [0.25, 0.3) is 5.97 Å². The number of methoxy groups -OCH3 is 1. The maximum Gasteiger partial charge on any atom is 0.303 e. The van der Waals surface area contributed by atoms with Gasteiger partial charge in [-0.05, 0) is 6.42 Å². The molecule has 1 aliphatic carbocycles. The Labute approximate surface area is 145 Å². The molecular formula is C16H24O9. The molecule has 0 N–H and O–H groups in total. The molecule has 1 saturated carbocycles. The van der Waals surface area contributed by atoms with E-state index < -0.39 is 54.2 Å². The van der Waals surface area contributed by atoms with E-state index in [1.54, 1.807) is 6.92 Å². The van der Waals surface area contributed by atoms with E-state index in [2.05, 4.69) is 0 Å². The zero-order chi connectivity index (χ0) is 18.8. The summed E-state index contributed by atoms with van der Waals surface area (Å²) in [4.78, 5) is 34.3. The Balaban J connectivity index is 2.29. The molecule has 1 heterocycles. The van der Waals surface area contributed by atoms with Crippen LogP contribution in [0.5, 0.6) is 0 Å². The van der Waals surface area contributed by atoms with Crippen LogP contribution in [-0.2, 0) is 42.8 Å². The molecule has 0 aromatic carbocycles. The van der Waals surface area contributed by atoms with Crippen LogP contribution >= 0.6 is 0 Å². The van der Waals surface area contributed by atoms with Crippen LogP contribution < -0.4 is 0 Å². The first-order valence-electron chi connectivity index (χ1n) is 8.03. The van der Waals surface area contributed by atoms with Gasteiger partial charge >= 0.3 is 17.9 Å². The molecule has 9 heteroatoms. The Morgan fingerprint density at radius 3 is 2.12 bits per heavy atom. The Hall–Kier alpha value is -1.71. The molecule has 0 spiro atoms. The Morgan fingerprint density at radius 1 is 1.00 bits per heavy atom. The van der Waals surface area contributed by atoms with Crippen LogP contribution in [0.25, 0.3) is 0 Å². The monoisotopic (exact) mass is 360 g/mol. The van der Waals surface area contributed by atoms with E-state index >= 15 is 0 Å². The molecule has 2 fully saturated rings. The van der Waals surface area contributed by atoms with E-state index in [0.717, 1.165) is 0 Å². The van der Waals surface area contributed by atoms with Crippen molar-refractivity contribution in [2.45, 2.75) is 64.5 Å². The molecule has 1 saturated heterocycles. The molecule has 25 heavy (non-hydrogen) atoms. The highest BCUT2D eigenvalue weighted by Gasteiger charge is 2.58. The van der Waals surface area contributed by atoms with Gasteiger partial charge in [-0.2, -0.15) is 0 Å². The SMILES string of the molecule is CO[C@@]1(C)O[C@@H]2[C@@H](OC(C)=O)[C@@H](OC(C)=O)[C@@H](COC(C)=O)C[C@@H]2O1. The van der Waals surface area contributed by atoms with Crippen LogP contribution in [0.2, 0.25) is 0 Å². The van der Waals surface area contributed by atoms with E-state index in [1.165, 1.54) is 27.9 Å². The number of esters is 3. The normalized spacial score (nSPS) is 37.1. The van der Waals surface area contributed by atoms with Gasteiger partial charge in [0, 0.05) is 40.7 Å². The largest absolute Gasteiger partial charge is 0.465 e. The van der Waals surface area contributed by atoms with Gasteiger partial charge in [-0.15, -0.1) is 0 Å². The van der Waals surface area contributed by atoms with Gasteiger partial charge in [0.15, 0.2) is 6.10 Å². The lowest BCUT2D eigenvalue weighted by molar-refractivity contribution is -0.321. The molecule has 0 unspecified atom stereocenters. The zero-order valence-electron chi connectivity index (χ0n) is 15.0. The Morgan fingerprint density at radius 2 is 1.60 bits per heavy atom. The third-order valence-corrected chi connectivity index (χ3v) is 4.20. The van der Waals surface area contributed by atoms with Crippen LogP contribution in [0.15, 0.2) is 0 Å². The van der Waals surface area contributed by atoms with Crippen LogP contribution in [0, 0.1) is 5.92 Å². The Kier molecular flexibility index (Phi) is 6.02. The summed E-state index contributed by atoms with van der Waals surface area (Å²) in [6.07, 6.45) is -2.50. The van der Waals surface area contributed by atoms with Crippen molar-refractivity contribution in [2.24, 2.45) is 5.92 Å². The quantitative estimate of drug-likeness (QED) is 0.513. The zero-order valence-corrected chi connectivity index (χ0v) is 15.0. The highest BCUT2D eigenvalue weighted by Crippen LogP contribution is 2.42. The maximum absolute atomic E-state index is 11.6. The summed E-state index contributed by atoms with van der Waals surface area (Å²) in [6, 6.07) is 0. The average Bonchev–Trinajstić information content (AvgIpc) is 2.84. The Bertz CT molecular complexity index is 534. The molecule has 0 amide bonds. The number of hydrogen-bond donors (Lipinski definition) is 0. The van der Waals surface area contributed by atoms with E-state index in [0.29, 0.717) is 6.42 Å². The number of fused-ring (bicyclic) bond motifs is 1. The predicted molar refractivity (Wildman–Crippen MR) is 81.0 cm³/mol. The molecule has 0 radical (unpaired) electrons. The summed E-state index contributed by atoms with van der Waals surface area (Å²) in [5.41, 5.74) is 0. The number of carbonyl (C=O) groups excluding carboxylic acids is 3. The first kappa shape index (κ1) is 19.6. The highest BCUT2D eigenvalue weighted by molar-refractivity contribution is 5.67. The van der Waals surface area contributed by atoms with Gasteiger partial charge in [0.05, 0.1) is 12.7 Å². The van der Waals surface area contributed by atoms with E-state index in [4.69, 9.17) is 28.4 Å². The summed E-state index contributed by atoms with van der Waals surface area (Å²) in [5, 5.41) is 0. The maximum atomic E-state index is 11.6. The first-order valence-corrected chi connectivity index (χ1v) is 8.03. The second-order valence-corrected chi connectivity index (χ2v) is 6.25. The number of ether oxygens (including phenoxy) is 6. The van der Waals surface area contributed by atoms with Crippen LogP contribution in [0.3, 0.4) is 0 Å². The lowest BCUT2D eigenvalue weighted by atomic mass is 9.81. The van der Waals surface area contributed by atoms with Gasteiger partial charge in [-0.3, -0.25) is 14.4 Å². The predicted octanol–water partition coefficient (Wildman–Crippen LogP) is 0.537. The number of rotatable bonds is 5. The van der Waals surface area contributed by atoms with Crippen molar-refractivity contribution in [3.63, 3.8) is 0 Å². The molecule has 2 aliphatic rings. The smallest absolute Gasteiger partial charge is 0.303 e. The second kappa shape index (κ2) is 7.67. The van der Waals surface area contributed by atoms with Crippen molar-refractivity contribution in [1.29, 1.82) is 0 Å². The molecule has 0 aromatic rings. The molecule has 0 aromatic heterocycles. The van der Waals surface area contributed by atoms with Crippen LogP contribution in [-0.4, -0.2) is 62.0 Å². The van der Waals surface area contributed by atoms with E-state index in [9.17, 15) is 14.4 Å². The van der Waals surface area contributed by atoms with E-state index in [1.807, 2.05) is 0 Å². The third-order valence-electron chi connectivity index (χ3n) is 4.20. The minimum Gasteiger partial charge on any atom is -0.465 e. The first-order chi connectivity index (χ1) is 11.6. The molecule has 142 valence electrons. The van der Waals surface area contributed by atoms with Gasteiger partial charge in [0.2, 0.25) is 0 Å². The molecular weight excluding hydrogens is 336 g/mol. The molecule has 6 atom stereocenters. The molecule has 9 nitrogen and oxygen atoms in total. The minimum absolute atomic E-state index is 0.00131. The molecule has 2 rings (SSSR count). The van der Waals surface area contributed by atoms with Crippen molar-refractivity contribution >= 4 is 17.9 Å². The standard InChI is InChI=1S/C16H24O9/c1-8(17)21-7-11-6-12-14(25-16(4,20-5)24-12)15(23-10(3)19)13(11)22-9(2)18/h11-15H,6-7H2,1-5H3/t11-,12+,13+,14+,15+,16-/m1/s1. The summed E-state index contributed by atoms with van der Waals surface area (Å²) in [5.74, 6) is -3.27. The fourth-order valence-corrected chi connectivity index (χ4v) is 3.21. The average molecular weight is 360 g/mol. The minimum atomic E-state index is -1.30. The fourth-order valence-electron chi connectivity index (χ4n) is 3.21. The second-order valence-electron chi connectivity index (χ2n) is 6.25. The topological polar surface area (TPSA) is 107 Å². The van der Waals surface area contributed by atoms with E-state index in [-0.39, 0.29) is 6.61 Å². The van der Waals surface area contributed by atoms with Gasteiger partial charge in [-0.25, -0.2) is 0 Å². The third kappa shape index (κ3) is 4.68. The number of carbonyl (C=O) groups is 3. The van der Waals surface area contributed by atoms with Gasteiger partial charge in [0.1, 0.15) is 12.2 Å².